The third-order valence-electron chi connectivity index (χ3n) is 3.89. The van der Waals surface area contributed by atoms with Gasteiger partial charge in [-0.3, -0.25) is 4.79 Å². The van der Waals surface area contributed by atoms with Crippen LogP contribution in [0.1, 0.15) is 11.8 Å². The summed E-state index contributed by atoms with van der Waals surface area (Å²) >= 11 is 7.60. The van der Waals surface area contributed by atoms with Gasteiger partial charge in [0.05, 0.1) is 11.3 Å². The first-order chi connectivity index (χ1) is 11.2. The Bertz CT molecular complexity index is 1030. The summed E-state index contributed by atoms with van der Waals surface area (Å²) in [5, 5.41) is 6.28. The van der Waals surface area contributed by atoms with Crippen molar-refractivity contribution in [2.75, 3.05) is 0 Å². The Hall–Kier alpha value is -2.17. The minimum absolute atomic E-state index is 0.0684. The van der Waals surface area contributed by atoms with Crippen molar-refractivity contribution in [1.82, 2.24) is 9.78 Å². The maximum atomic E-state index is 12.9. The van der Waals surface area contributed by atoms with E-state index < -0.39 is 0 Å². The Kier molecular flexibility index (Phi) is 3.43. The lowest BCUT2D eigenvalue weighted by Crippen LogP contribution is -2.15. The lowest BCUT2D eigenvalue weighted by Gasteiger charge is -2.06. The van der Waals surface area contributed by atoms with Crippen molar-refractivity contribution in [3.05, 3.63) is 68.8 Å². The van der Waals surface area contributed by atoms with Crippen molar-refractivity contribution in [2.24, 2.45) is 0 Å². The van der Waals surface area contributed by atoms with Crippen molar-refractivity contribution in [3.8, 4) is 16.9 Å². The van der Waals surface area contributed by atoms with Gasteiger partial charge in [0.2, 0.25) is 0 Å². The SMILES string of the molecule is CCc1sc2ccccc2c2nn(-c3ccc(Cl)cc3)c(=O)c1-2. The highest BCUT2D eigenvalue weighted by atomic mass is 35.5. The van der Waals surface area contributed by atoms with E-state index in [9.17, 15) is 4.79 Å². The van der Waals surface area contributed by atoms with Gasteiger partial charge in [-0.15, -0.1) is 11.3 Å². The third-order valence-corrected chi connectivity index (χ3v) is 5.46. The van der Waals surface area contributed by atoms with Crippen LogP contribution in [0, 0.1) is 0 Å². The molecule has 2 aliphatic heterocycles. The van der Waals surface area contributed by atoms with Gasteiger partial charge in [0, 0.05) is 20.0 Å². The number of benzene rings is 2. The summed E-state index contributed by atoms with van der Waals surface area (Å²) in [5.74, 6) is 0. The number of halogens is 1. The Morgan fingerprint density at radius 3 is 2.61 bits per heavy atom. The predicted molar refractivity (Wildman–Crippen MR) is 96.2 cm³/mol. The van der Waals surface area contributed by atoms with Gasteiger partial charge in [-0.1, -0.05) is 36.7 Å². The van der Waals surface area contributed by atoms with Crippen LogP contribution in [0.5, 0.6) is 0 Å². The van der Waals surface area contributed by atoms with Crippen LogP contribution in [0.25, 0.3) is 27.0 Å². The van der Waals surface area contributed by atoms with Gasteiger partial charge in [0.15, 0.2) is 0 Å². The monoisotopic (exact) mass is 340 g/mol. The van der Waals surface area contributed by atoms with E-state index >= 15 is 0 Å². The van der Waals surface area contributed by atoms with Gasteiger partial charge in [-0.05, 0) is 36.8 Å². The van der Waals surface area contributed by atoms with Crippen molar-refractivity contribution in [1.29, 1.82) is 0 Å². The fourth-order valence-electron chi connectivity index (χ4n) is 2.78. The maximum Gasteiger partial charge on any atom is 0.282 e. The van der Waals surface area contributed by atoms with Crippen LogP contribution in [0.3, 0.4) is 0 Å². The summed E-state index contributed by atoms with van der Waals surface area (Å²) in [6.45, 7) is 2.07. The number of hydrogen-bond acceptors (Lipinski definition) is 3. The van der Waals surface area contributed by atoms with Gasteiger partial charge in [0.1, 0.15) is 5.69 Å². The molecule has 0 atom stereocenters. The van der Waals surface area contributed by atoms with E-state index in [0.29, 0.717) is 5.02 Å². The molecule has 0 radical (unpaired) electrons. The summed E-state index contributed by atoms with van der Waals surface area (Å²) in [7, 11) is 0. The highest BCUT2D eigenvalue weighted by Crippen LogP contribution is 2.35. The summed E-state index contributed by atoms with van der Waals surface area (Å²) in [5.41, 5.74) is 2.16. The molecule has 2 heterocycles. The molecule has 5 heteroatoms. The zero-order valence-corrected chi connectivity index (χ0v) is 14.0. The number of aromatic nitrogens is 2. The fourth-order valence-corrected chi connectivity index (χ4v) is 4.03. The highest BCUT2D eigenvalue weighted by Gasteiger charge is 2.22. The average Bonchev–Trinajstić information content (AvgIpc) is 2.93. The zero-order chi connectivity index (χ0) is 16.0. The van der Waals surface area contributed by atoms with Gasteiger partial charge in [-0.25, -0.2) is 0 Å². The number of aryl methyl sites for hydroxylation is 1. The van der Waals surface area contributed by atoms with Crippen LogP contribution < -0.4 is 5.56 Å². The molecule has 0 fully saturated rings. The van der Waals surface area contributed by atoms with Crippen LogP contribution in [0.2, 0.25) is 5.02 Å². The minimum Gasteiger partial charge on any atom is -0.267 e. The highest BCUT2D eigenvalue weighted by molar-refractivity contribution is 7.19. The maximum absolute atomic E-state index is 12.9. The molecule has 4 rings (SSSR count). The van der Waals surface area contributed by atoms with E-state index in [1.165, 1.54) is 4.68 Å². The summed E-state index contributed by atoms with van der Waals surface area (Å²) in [6, 6.07) is 15.2. The van der Waals surface area contributed by atoms with Crippen molar-refractivity contribution < 1.29 is 0 Å². The second-order valence-corrected chi connectivity index (χ2v) is 6.87. The Morgan fingerprint density at radius 2 is 1.87 bits per heavy atom. The van der Waals surface area contributed by atoms with E-state index in [-0.39, 0.29) is 5.56 Å². The van der Waals surface area contributed by atoms with E-state index in [4.69, 9.17) is 11.6 Å². The topological polar surface area (TPSA) is 34.9 Å². The molecule has 3 nitrogen and oxygen atoms in total. The zero-order valence-electron chi connectivity index (χ0n) is 12.4. The molecule has 2 aromatic rings. The quantitative estimate of drug-likeness (QED) is 0.527. The van der Waals surface area contributed by atoms with Crippen molar-refractivity contribution in [2.45, 2.75) is 13.3 Å². The average molecular weight is 341 g/mol. The van der Waals surface area contributed by atoms with E-state index in [0.717, 1.165) is 38.3 Å². The molecule has 0 aromatic heterocycles. The number of fused-ring (bicyclic) bond motifs is 3. The molecule has 0 aliphatic carbocycles. The molecule has 2 aliphatic rings. The second kappa shape index (κ2) is 5.48. The number of rotatable bonds is 2. The van der Waals surface area contributed by atoms with E-state index in [2.05, 4.69) is 18.1 Å². The standard InChI is InChI=1S/C18H13ClN2OS/c1-2-14-16-17(13-5-3-4-6-15(13)23-14)20-21(18(16)22)12-9-7-11(19)8-10-12/h3-10H,2H2,1H3. The largest absolute Gasteiger partial charge is 0.282 e. The number of hydrogen-bond donors (Lipinski definition) is 0. The molecular weight excluding hydrogens is 328 g/mol. The molecule has 23 heavy (non-hydrogen) atoms. The molecule has 0 saturated carbocycles. The van der Waals surface area contributed by atoms with E-state index in [1.807, 2.05) is 30.3 Å². The summed E-state index contributed by atoms with van der Waals surface area (Å²) in [4.78, 5) is 14.0. The van der Waals surface area contributed by atoms with Crippen LogP contribution in [0.4, 0.5) is 0 Å². The predicted octanol–water partition coefficient (Wildman–Crippen LogP) is 4.77. The van der Waals surface area contributed by atoms with Crippen molar-refractivity contribution >= 4 is 33.0 Å². The first-order valence-corrected chi connectivity index (χ1v) is 8.58. The Balaban J connectivity index is 2.10. The van der Waals surface area contributed by atoms with Crippen LogP contribution in [-0.4, -0.2) is 9.78 Å². The van der Waals surface area contributed by atoms with Crippen LogP contribution in [-0.2, 0) is 6.42 Å². The lowest BCUT2D eigenvalue weighted by atomic mass is 10.1. The van der Waals surface area contributed by atoms with Crippen molar-refractivity contribution in [3.63, 3.8) is 0 Å². The van der Waals surface area contributed by atoms with Gasteiger partial charge in [0.25, 0.3) is 5.56 Å². The summed E-state index contributed by atoms with van der Waals surface area (Å²) < 4.78 is 2.62. The smallest absolute Gasteiger partial charge is 0.267 e. The van der Waals surface area contributed by atoms with Gasteiger partial charge in [-0.2, -0.15) is 9.78 Å². The molecule has 0 unspecified atom stereocenters. The fraction of sp³-hybridized carbons (Fsp3) is 0.111. The third kappa shape index (κ3) is 2.26. The molecule has 2 aromatic carbocycles. The molecule has 0 bridgehead atoms. The first kappa shape index (κ1) is 14.4. The lowest BCUT2D eigenvalue weighted by molar-refractivity contribution is 0.859. The van der Waals surface area contributed by atoms with Crippen LogP contribution >= 0.6 is 22.9 Å². The summed E-state index contributed by atoms with van der Waals surface area (Å²) in [6.07, 6.45) is 0.813. The number of nitrogens with zero attached hydrogens (tertiary/aromatic N) is 2. The van der Waals surface area contributed by atoms with Gasteiger partial charge < -0.3 is 0 Å². The Morgan fingerprint density at radius 1 is 1.13 bits per heavy atom. The molecule has 114 valence electrons. The van der Waals surface area contributed by atoms with Gasteiger partial charge >= 0.3 is 0 Å². The molecular formula is C18H13ClN2OS. The minimum atomic E-state index is -0.0684. The normalized spacial score (nSPS) is 11.4. The molecule has 0 N–H and O–H groups in total. The van der Waals surface area contributed by atoms with Crippen LogP contribution in [0.15, 0.2) is 53.3 Å². The second-order valence-electron chi connectivity index (χ2n) is 5.29. The van der Waals surface area contributed by atoms with E-state index in [1.54, 1.807) is 23.5 Å². The first-order valence-electron chi connectivity index (χ1n) is 7.38. The Labute approximate surface area is 142 Å². The molecule has 0 spiro atoms. The molecule has 0 saturated heterocycles. The molecule has 0 amide bonds.